The van der Waals surface area contributed by atoms with Crippen molar-refractivity contribution in [3.05, 3.63) is 27.7 Å². The Labute approximate surface area is 135 Å². The van der Waals surface area contributed by atoms with E-state index >= 15 is 0 Å². The Bertz CT molecular complexity index is 539. The molecule has 1 aliphatic carbocycles. The van der Waals surface area contributed by atoms with Crippen molar-refractivity contribution in [2.75, 3.05) is 13.7 Å². The zero-order valence-electron chi connectivity index (χ0n) is 12.3. The third-order valence-corrected chi connectivity index (χ3v) is 5.48. The predicted molar refractivity (Wildman–Crippen MR) is 84.5 cm³/mol. The molecule has 1 aliphatic rings. The number of ketones is 1. The Balaban J connectivity index is 2.40. The van der Waals surface area contributed by atoms with Gasteiger partial charge in [0.15, 0.2) is 5.78 Å². The van der Waals surface area contributed by atoms with E-state index in [4.69, 9.17) is 27.9 Å². The second-order valence-electron chi connectivity index (χ2n) is 5.83. The Morgan fingerprint density at radius 3 is 2.48 bits per heavy atom. The summed E-state index contributed by atoms with van der Waals surface area (Å²) >= 11 is 12.4. The summed E-state index contributed by atoms with van der Waals surface area (Å²) in [5, 5.41) is 10.2. The maximum absolute atomic E-state index is 12.9. The third-order valence-electron chi connectivity index (χ3n) is 4.61. The van der Waals surface area contributed by atoms with Gasteiger partial charge in [-0.25, -0.2) is 0 Å². The fourth-order valence-electron chi connectivity index (χ4n) is 3.12. The van der Waals surface area contributed by atoms with Crippen LogP contribution in [0.2, 0.25) is 10.0 Å². The minimum absolute atomic E-state index is 0.147. The highest BCUT2D eigenvalue weighted by atomic mass is 35.5. The molecule has 116 valence electrons. The molecule has 0 amide bonds. The molecule has 1 N–H and O–H groups in total. The van der Waals surface area contributed by atoms with Crippen LogP contribution in [0.25, 0.3) is 0 Å². The molecule has 1 saturated carbocycles. The monoisotopic (exact) mass is 330 g/mol. The van der Waals surface area contributed by atoms with Crippen molar-refractivity contribution in [3.8, 4) is 5.75 Å². The standard InChI is InChI=1S/C16H20Cl2O3/c1-16(9-19,10-5-3-4-6-10)15(20)11-7-8-12(21-2)14(18)13(11)17/h7-8,10,19H,3-6,9H2,1-2H3. The van der Waals surface area contributed by atoms with Gasteiger partial charge in [0.05, 0.1) is 24.2 Å². The number of methoxy groups -OCH3 is 1. The van der Waals surface area contributed by atoms with Gasteiger partial charge in [-0.3, -0.25) is 4.79 Å². The molecule has 1 aromatic carbocycles. The molecule has 0 spiro atoms. The summed E-state index contributed by atoms with van der Waals surface area (Å²) in [6.07, 6.45) is 4.13. The zero-order chi connectivity index (χ0) is 15.6. The van der Waals surface area contributed by atoms with E-state index in [9.17, 15) is 9.90 Å². The topological polar surface area (TPSA) is 46.5 Å². The van der Waals surface area contributed by atoms with Crippen LogP contribution in [-0.2, 0) is 0 Å². The number of hydrogen-bond acceptors (Lipinski definition) is 3. The highest BCUT2D eigenvalue weighted by Crippen LogP contribution is 2.44. The first-order valence-electron chi connectivity index (χ1n) is 7.13. The molecule has 0 heterocycles. The first kappa shape index (κ1) is 16.6. The van der Waals surface area contributed by atoms with E-state index in [1.807, 2.05) is 6.92 Å². The van der Waals surface area contributed by atoms with Crippen molar-refractivity contribution < 1.29 is 14.6 Å². The first-order valence-corrected chi connectivity index (χ1v) is 7.89. The lowest BCUT2D eigenvalue weighted by Gasteiger charge is -2.32. The average molecular weight is 331 g/mol. The summed E-state index contributed by atoms with van der Waals surface area (Å²) in [6, 6.07) is 3.26. The maximum Gasteiger partial charge on any atom is 0.172 e. The van der Waals surface area contributed by atoms with Gasteiger partial charge in [0.2, 0.25) is 0 Å². The van der Waals surface area contributed by atoms with Gasteiger partial charge in [0.25, 0.3) is 0 Å². The van der Waals surface area contributed by atoms with E-state index in [-0.39, 0.29) is 28.4 Å². The lowest BCUT2D eigenvalue weighted by atomic mass is 9.71. The van der Waals surface area contributed by atoms with Crippen molar-refractivity contribution in [1.29, 1.82) is 0 Å². The van der Waals surface area contributed by atoms with Gasteiger partial charge in [-0.15, -0.1) is 0 Å². The Kier molecular flexibility index (Phi) is 5.18. The van der Waals surface area contributed by atoms with Crippen LogP contribution in [0, 0.1) is 11.3 Å². The number of ether oxygens (including phenoxy) is 1. The molecular formula is C16H20Cl2O3. The van der Waals surface area contributed by atoms with Crippen molar-refractivity contribution in [2.24, 2.45) is 11.3 Å². The van der Waals surface area contributed by atoms with Crippen LogP contribution in [0.4, 0.5) is 0 Å². The molecule has 21 heavy (non-hydrogen) atoms. The normalized spacial score (nSPS) is 18.5. The number of rotatable bonds is 5. The van der Waals surface area contributed by atoms with E-state index in [1.165, 1.54) is 7.11 Å². The Morgan fingerprint density at radius 1 is 1.33 bits per heavy atom. The number of hydrogen-bond donors (Lipinski definition) is 1. The largest absolute Gasteiger partial charge is 0.495 e. The highest BCUT2D eigenvalue weighted by molar-refractivity contribution is 6.45. The average Bonchev–Trinajstić information content (AvgIpc) is 3.03. The van der Waals surface area contributed by atoms with Gasteiger partial charge < -0.3 is 9.84 Å². The summed E-state index contributed by atoms with van der Waals surface area (Å²) in [5.41, 5.74) is -0.455. The van der Waals surface area contributed by atoms with Crippen molar-refractivity contribution in [1.82, 2.24) is 0 Å². The Morgan fingerprint density at radius 2 is 1.95 bits per heavy atom. The van der Waals surface area contributed by atoms with Crippen molar-refractivity contribution in [2.45, 2.75) is 32.6 Å². The van der Waals surface area contributed by atoms with Gasteiger partial charge in [-0.05, 0) is 37.8 Å². The van der Waals surface area contributed by atoms with Crippen LogP contribution in [-0.4, -0.2) is 24.6 Å². The van der Waals surface area contributed by atoms with Gasteiger partial charge in [-0.1, -0.05) is 36.0 Å². The minimum atomic E-state index is -0.807. The van der Waals surface area contributed by atoms with Crippen LogP contribution < -0.4 is 4.74 Å². The number of aliphatic hydroxyl groups is 1. The number of benzene rings is 1. The summed E-state index contributed by atoms with van der Waals surface area (Å²) < 4.78 is 5.10. The van der Waals surface area contributed by atoms with Crippen LogP contribution in [0.15, 0.2) is 12.1 Å². The summed E-state index contributed by atoms with van der Waals surface area (Å²) in [4.78, 5) is 12.9. The molecule has 0 saturated heterocycles. The molecule has 3 nitrogen and oxygen atoms in total. The fraction of sp³-hybridized carbons (Fsp3) is 0.562. The number of carbonyl (C=O) groups excluding carboxylic acids is 1. The minimum Gasteiger partial charge on any atom is -0.495 e. The molecule has 5 heteroatoms. The lowest BCUT2D eigenvalue weighted by Crippen LogP contribution is -2.38. The summed E-state index contributed by atoms with van der Waals surface area (Å²) in [6.45, 7) is 1.64. The van der Waals surface area contributed by atoms with Crippen molar-refractivity contribution >= 4 is 29.0 Å². The molecule has 0 aromatic heterocycles. The van der Waals surface area contributed by atoms with Crippen LogP contribution in [0.3, 0.4) is 0 Å². The van der Waals surface area contributed by atoms with E-state index < -0.39 is 5.41 Å². The fourth-order valence-corrected chi connectivity index (χ4v) is 3.61. The van der Waals surface area contributed by atoms with Gasteiger partial charge in [-0.2, -0.15) is 0 Å². The van der Waals surface area contributed by atoms with Gasteiger partial charge in [0, 0.05) is 5.56 Å². The van der Waals surface area contributed by atoms with Crippen LogP contribution in [0.1, 0.15) is 43.0 Å². The summed E-state index contributed by atoms with van der Waals surface area (Å²) in [7, 11) is 1.50. The Hall–Kier alpha value is -0.770. The van der Waals surface area contributed by atoms with E-state index in [2.05, 4.69) is 0 Å². The molecule has 1 fully saturated rings. The predicted octanol–water partition coefficient (Wildman–Crippen LogP) is 4.37. The second kappa shape index (κ2) is 6.55. The molecular weight excluding hydrogens is 311 g/mol. The third kappa shape index (κ3) is 2.92. The molecule has 1 aromatic rings. The highest BCUT2D eigenvalue weighted by Gasteiger charge is 2.43. The maximum atomic E-state index is 12.9. The number of halogens is 2. The molecule has 0 bridgehead atoms. The molecule has 1 atom stereocenters. The van der Waals surface area contributed by atoms with E-state index in [1.54, 1.807) is 12.1 Å². The molecule has 0 radical (unpaired) electrons. The number of aliphatic hydroxyl groups excluding tert-OH is 1. The molecule has 2 rings (SSSR count). The van der Waals surface area contributed by atoms with Crippen LogP contribution >= 0.6 is 23.2 Å². The lowest BCUT2D eigenvalue weighted by molar-refractivity contribution is 0.0504. The SMILES string of the molecule is COc1ccc(C(=O)C(C)(CO)C2CCCC2)c(Cl)c1Cl. The van der Waals surface area contributed by atoms with Gasteiger partial charge in [0.1, 0.15) is 10.8 Å². The first-order chi connectivity index (χ1) is 9.95. The summed E-state index contributed by atoms with van der Waals surface area (Å²) in [5.74, 6) is 0.475. The second-order valence-corrected chi connectivity index (χ2v) is 6.59. The number of carbonyl (C=O) groups is 1. The smallest absolute Gasteiger partial charge is 0.172 e. The van der Waals surface area contributed by atoms with Crippen molar-refractivity contribution in [3.63, 3.8) is 0 Å². The quantitative estimate of drug-likeness (QED) is 0.815. The van der Waals surface area contributed by atoms with Crippen LogP contribution in [0.5, 0.6) is 5.75 Å². The molecule has 0 aliphatic heterocycles. The van der Waals surface area contributed by atoms with E-state index in [0.717, 1.165) is 25.7 Å². The molecule has 1 unspecified atom stereocenters. The van der Waals surface area contributed by atoms with Gasteiger partial charge >= 0.3 is 0 Å². The van der Waals surface area contributed by atoms with E-state index in [0.29, 0.717) is 11.3 Å². The number of Topliss-reactive ketones (excluding diaryl/α,β-unsaturated/α-hetero) is 1. The zero-order valence-corrected chi connectivity index (χ0v) is 13.8.